The summed E-state index contributed by atoms with van der Waals surface area (Å²) in [5.41, 5.74) is 0.599. The van der Waals surface area contributed by atoms with Crippen molar-refractivity contribution in [1.82, 2.24) is 5.32 Å². The van der Waals surface area contributed by atoms with E-state index in [1.165, 1.54) is 45.2 Å². The molecule has 1 saturated carbocycles. The molecule has 1 aliphatic rings. The van der Waals surface area contributed by atoms with Crippen LogP contribution in [0.2, 0.25) is 0 Å². The van der Waals surface area contributed by atoms with Gasteiger partial charge in [-0.2, -0.15) is 0 Å². The second-order valence-electron chi connectivity index (χ2n) is 5.06. The highest BCUT2D eigenvalue weighted by molar-refractivity contribution is 4.94. The summed E-state index contributed by atoms with van der Waals surface area (Å²) < 4.78 is 5.16. The average Bonchev–Trinajstić information content (AvgIpc) is 3.02. The lowest BCUT2D eigenvalue weighted by atomic mass is 10.0. The van der Waals surface area contributed by atoms with E-state index in [0.29, 0.717) is 5.41 Å². The molecule has 1 fully saturated rings. The molecule has 0 aromatic heterocycles. The Morgan fingerprint density at radius 1 is 1.27 bits per heavy atom. The van der Waals surface area contributed by atoms with Gasteiger partial charge in [0.15, 0.2) is 0 Å². The van der Waals surface area contributed by atoms with E-state index in [1.807, 2.05) is 0 Å². The van der Waals surface area contributed by atoms with E-state index in [9.17, 15) is 0 Å². The summed E-state index contributed by atoms with van der Waals surface area (Å²) in [5.74, 6) is 0.864. The molecule has 1 aliphatic carbocycles. The molecular formula is C13H27NO. The Morgan fingerprint density at radius 3 is 2.40 bits per heavy atom. The zero-order chi connectivity index (χ0) is 11.1. The minimum absolute atomic E-state index is 0.599. The fourth-order valence-electron chi connectivity index (χ4n) is 2.13. The van der Waals surface area contributed by atoms with Crippen LogP contribution in [0.15, 0.2) is 0 Å². The lowest BCUT2D eigenvalue weighted by molar-refractivity contribution is 0.171. The van der Waals surface area contributed by atoms with Gasteiger partial charge in [-0.3, -0.25) is 0 Å². The third kappa shape index (κ3) is 4.52. The van der Waals surface area contributed by atoms with Crippen molar-refractivity contribution >= 4 is 0 Å². The summed E-state index contributed by atoms with van der Waals surface area (Å²) in [4.78, 5) is 0. The lowest BCUT2D eigenvalue weighted by Crippen LogP contribution is -2.29. The Bertz CT molecular complexity index is 162. The topological polar surface area (TPSA) is 21.3 Å². The van der Waals surface area contributed by atoms with E-state index >= 15 is 0 Å². The minimum Gasteiger partial charge on any atom is -0.385 e. The van der Waals surface area contributed by atoms with E-state index in [2.05, 4.69) is 19.2 Å². The van der Waals surface area contributed by atoms with Gasteiger partial charge in [0.2, 0.25) is 0 Å². The SMILES string of the molecule is CCC(CC)CNCC1(CCOC)CC1. The van der Waals surface area contributed by atoms with Crippen molar-refractivity contribution in [3.63, 3.8) is 0 Å². The fourth-order valence-corrected chi connectivity index (χ4v) is 2.13. The fraction of sp³-hybridized carbons (Fsp3) is 1.00. The first-order chi connectivity index (χ1) is 7.26. The Morgan fingerprint density at radius 2 is 1.93 bits per heavy atom. The van der Waals surface area contributed by atoms with Crippen molar-refractivity contribution in [2.75, 3.05) is 26.8 Å². The van der Waals surface area contributed by atoms with E-state index in [4.69, 9.17) is 4.74 Å². The Hall–Kier alpha value is -0.0800. The van der Waals surface area contributed by atoms with Gasteiger partial charge in [0.1, 0.15) is 0 Å². The predicted molar refractivity (Wildman–Crippen MR) is 65.1 cm³/mol. The molecule has 0 heterocycles. The average molecular weight is 213 g/mol. The van der Waals surface area contributed by atoms with Crippen LogP contribution in [-0.2, 0) is 4.74 Å². The summed E-state index contributed by atoms with van der Waals surface area (Å²) in [5, 5.41) is 3.64. The second-order valence-corrected chi connectivity index (χ2v) is 5.06. The van der Waals surface area contributed by atoms with Crippen LogP contribution in [-0.4, -0.2) is 26.8 Å². The Balaban J connectivity index is 2.08. The highest BCUT2D eigenvalue weighted by atomic mass is 16.5. The molecule has 0 unspecified atom stereocenters. The van der Waals surface area contributed by atoms with Gasteiger partial charge in [0.25, 0.3) is 0 Å². The summed E-state index contributed by atoms with van der Waals surface area (Å²) in [6, 6.07) is 0. The molecule has 0 radical (unpaired) electrons. The number of ether oxygens (including phenoxy) is 1. The van der Waals surface area contributed by atoms with Crippen LogP contribution >= 0.6 is 0 Å². The quantitative estimate of drug-likeness (QED) is 0.636. The van der Waals surface area contributed by atoms with Crippen molar-refractivity contribution in [3.8, 4) is 0 Å². The molecule has 1 rings (SSSR count). The third-order valence-corrected chi connectivity index (χ3v) is 3.88. The molecular weight excluding hydrogens is 186 g/mol. The van der Waals surface area contributed by atoms with Gasteiger partial charge in [-0.15, -0.1) is 0 Å². The van der Waals surface area contributed by atoms with Crippen LogP contribution in [0, 0.1) is 11.3 Å². The number of methoxy groups -OCH3 is 1. The molecule has 0 aliphatic heterocycles. The molecule has 0 aromatic carbocycles. The molecule has 2 heteroatoms. The van der Waals surface area contributed by atoms with Crippen molar-refractivity contribution in [2.24, 2.45) is 11.3 Å². The van der Waals surface area contributed by atoms with Gasteiger partial charge in [0, 0.05) is 20.3 Å². The molecule has 0 aromatic rings. The molecule has 0 saturated heterocycles. The number of nitrogens with one attached hydrogen (secondary N) is 1. The summed E-state index contributed by atoms with van der Waals surface area (Å²) in [7, 11) is 1.80. The monoisotopic (exact) mass is 213 g/mol. The van der Waals surface area contributed by atoms with Gasteiger partial charge in [-0.25, -0.2) is 0 Å². The molecule has 0 spiro atoms. The summed E-state index contributed by atoms with van der Waals surface area (Å²) >= 11 is 0. The maximum atomic E-state index is 5.16. The molecule has 2 nitrogen and oxygen atoms in total. The van der Waals surface area contributed by atoms with Gasteiger partial charge >= 0.3 is 0 Å². The number of rotatable bonds is 9. The molecule has 1 N–H and O–H groups in total. The summed E-state index contributed by atoms with van der Waals surface area (Å²) in [6.07, 6.45) is 6.63. The smallest absolute Gasteiger partial charge is 0.0468 e. The van der Waals surface area contributed by atoms with Gasteiger partial charge in [-0.1, -0.05) is 26.7 Å². The van der Waals surface area contributed by atoms with Crippen LogP contribution in [0.5, 0.6) is 0 Å². The van der Waals surface area contributed by atoms with Gasteiger partial charge in [-0.05, 0) is 37.1 Å². The molecule has 0 amide bonds. The van der Waals surface area contributed by atoms with E-state index in [-0.39, 0.29) is 0 Å². The summed E-state index contributed by atoms with van der Waals surface area (Å²) in [6.45, 7) is 7.89. The maximum Gasteiger partial charge on any atom is 0.0468 e. The number of hydrogen-bond acceptors (Lipinski definition) is 2. The first kappa shape index (κ1) is 13.0. The van der Waals surface area contributed by atoms with Crippen molar-refractivity contribution in [3.05, 3.63) is 0 Å². The first-order valence-corrected chi connectivity index (χ1v) is 6.46. The number of hydrogen-bond donors (Lipinski definition) is 1. The van der Waals surface area contributed by atoms with Gasteiger partial charge in [0.05, 0.1) is 0 Å². The van der Waals surface area contributed by atoms with Crippen molar-refractivity contribution in [2.45, 2.75) is 46.0 Å². The van der Waals surface area contributed by atoms with Crippen LogP contribution in [0.4, 0.5) is 0 Å². The van der Waals surface area contributed by atoms with Crippen molar-refractivity contribution < 1.29 is 4.74 Å². The largest absolute Gasteiger partial charge is 0.385 e. The molecule has 90 valence electrons. The first-order valence-electron chi connectivity index (χ1n) is 6.46. The highest BCUT2D eigenvalue weighted by Gasteiger charge is 2.41. The van der Waals surface area contributed by atoms with E-state index in [1.54, 1.807) is 7.11 Å². The third-order valence-electron chi connectivity index (χ3n) is 3.88. The lowest BCUT2D eigenvalue weighted by Gasteiger charge is -2.18. The van der Waals surface area contributed by atoms with Crippen LogP contribution in [0.3, 0.4) is 0 Å². The Kier molecular flexibility index (Phi) is 5.62. The van der Waals surface area contributed by atoms with Crippen molar-refractivity contribution in [1.29, 1.82) is 0 Å². The van der Waals surface area contributed by atoms with E-state index < -0.39 is 0 Å². The Labute approximate surface area is 94.8 Å². The van der Waals surface area contributed by atoms with Crippen LogP contribution in [0.25, 0.3) is 0 Å². The molecule has 15 heavy (non-hydrogen) atoms. The minimum atomic E-state index is 0.599. The van der Waals surface area contributed by atoms with E-state index in [0.717, 1.165) is 12.5 Å². The highest BCUT2D eigenvalue weighted by Crippen LogP contribution is 2.48. The van der Waals surface area contributed by atoms with Crippen LogP contribution in [0.1, 0.15) is 46.0 Å². The normalized spacial score (nSPS) is 18.4. The standard InChI is InChI=1S/C13H27NO/c1-4-12(5-2)10-14-11-13(6-7-13)8-9-15-3/h12,14H,4-11H2,1-3H3. The molecule has 0 atom stereocenters. The van der Waals surface area contributed by atoms with Crippen LogP contribution < -0.4 is 5.32 Å². The molecule has 0 bridgehead atoms. The zero-order valence-electron chi connectivity index (χ0n) is 10.6. The second kappa shape index (κ2) is 6.49. The predicted octanol–water partition coefficient (Wildman–Crippen LogP) is 2.83. The van der Waals surface area contributed by atoms with Gasteiger partial charge < -0.3 is 10.1 Å². The zero-order valence-corrected chi connectivity index (χ0v) is 10.6. The maximum absolute atomic E-state index is 5.16.